The first-order valence-corrected chi connectivity index (χ1v) is 7.29. The number of esters is 1. The van der Waals surface area contributed by atoms with Crippen LogP contribution in [0.25, 0.3) is 10.8 Å². The monoisotopic (exact) mass is 286 g/mol. The number of carbonyl (C=O) groups is 1. The lowest BCUT2D eigenvalue weighted by atomic mass is 9.90. The second-order valence-corrected chi connectivity index (χ2v) is 6.00. The molecule has 0 radical (unpaired) electrons. The summed E-state index contributed by atoms with van der Waals surface area (Å²) < 4.78 is 5.60. The van der Waals surface area contributed by atoms with Crippen molar-refractivity contribution in [1.82, 2.24) is 0 Å². The van der Waals surface area contributed by atoms with E-state index < -0.39 is 11.5 Å². The molecule has 2 aromatic carbocycles. The van der Waals surface area contributed by atoms with Crippen LogP contribution in [0.2, 0.25) is 0 Å². The average molecular weight is 286 g/mol. The van der Waals surface area contributed by atoms with Crippen LogP contribution in [0.4, 0.5) is 0 Å². The minimum atomic E-state index is -0.563. The fourth-order valence-electron chi connectivity index (χ4n) is 2.14. The molecule has 112 valence electrons. The predicted molar refractivity (Wildman–Crippen MR) is 84.3 cm³/mol. The van der Waals surface area contributed by atoms with Crippen LogP contribution in [0, 0.1) is 5.41 Å². The van der Waals surface area contributed by atoms with Crippen molar-refractivity contribution in [3.05, 3.63) is 42.0 Å². The Bertz CT molecular complexity index is 657. The van der Waals surface area contributed by atoms with Gasteiger partial charge in [0.2, 0.25) is 0 Å². The maximum Gasteiger partial charge on any atom is 0.316 e. The van der Waals surface area contributed by atoms with E-state index in [9.17, 15) is 9.90 Å². The number of carbonyl (C=O) groups excluding carboxylic acids is 1. The zero-order valence-electron chi connectivity index (χ0n) is 13.0. The van der Waals surface area contributed by atoms with Gasteiger partial charge in [-0.3, -0.25) is 4.79 Å². The number of fused-ring (bicyclic) bond motifs is 1. The van der Waals surface area contributed by atoms with Gasteiger partial charge in [0.25, 0.3) is 0 Å². The molecular weight excluding hydrogens is 264 g/mol. The Kier molecular flexibility index (Phi) is 4.33. The molecule has 0 amide bonds. The molecule has 0 saturated carbocycles. The molecule has 3 nitrogen and oxygen atoms in total. The molecule has 0 saturated heterocycles. The fraction of sp³-hybridized carbons (Fsp3) is 0.389. The van der Waals surface area contributed by atoms with E-state index in [0.29, 0.717) is 5.75 Å². The van der Waals surface area contributed by atoms with Gasteiger partial charge in [-0.15, -0.1) is 0 Å². The number of ether oxygens (including phenoxy) is 1. The molecule has 0 aliphatic rings. The average Bonchev–Trinajstić information content (AvgIpc) is 2.46. The van der Waals surface area contributed by atoms with E-state index in [2.05, 4.69) is 0 Å². The molecule has 0 aromatic heterocycles. The first-order chi connectivity index (χ1) is 9.86. The molecule has 1 atom stereocenters. The second-order valence-electron chi connectivity index (χ2n) is 6.00. The van der Waals surface area contributed by atoms with Crippen LogP contribution in [0.15, 0.2) is 36.4 Å². The van der Waals surface area contributed by atoms with E-state index >= 15 is 0 Å². The van der Waals surface area contributed by atoms with Crippen molar-refractivity contribution in [2.24, 2.45) is 5.41 Å². The van der Waals surface area contributed by atoms with E-state index in [1.807, 2.05) is 51.1 Å². The van der Waals surface area contributed by atoms with E-state index in [1.54, 1.807) is 13.0 Å². The first-order valence-electron chi connectivity index (χ1n) is 7.29. The lowest BCUT2D eigenvalue weighted by molar-refractivity contribution is -0.144. The quantitative estimate of drug-likeness (QED) is 0.675. The van der Waals surface area contributed by atoms with Gasteiger partial charge in [0.05, 0.1) is 11.5 Å². The summed E-state index contributed by atoms with van der Waals surface area (Å²) in [6.45, 7) is 7.45. The third kappa shape index (κ3) is 3.08. The van der Waals surface area contributed by atoms with Crippen LogP contribution in [0.5, 0.6) is 5.75 Å². The molecule has 1 unspecified atom stereocenters. The fourth-order valence-corrected chi connectivity index (χ4v) is 2.14. The smallest absolute Gasteiger partial charge is 0.316 e. The molecule has 0 aliphatic carbocycles. The first kappa shape index (κ1) is 15.5. The number of rotatable bonds is 4. The van der Waals surface area contributed by atoms with Gasteiger partial charge >= 0.3 is 5.97 Å². The van der Waals surface area contributed by atoms with Gasteiger partial charge in [0.15, 0.2) is 0 Å². The SMILES string of the molecule is CCC(C)(C)C(=O)Oc1cccc2c(C(C)O)cccc12. The van der Waals surface area contributed by atoms with E-state index in [4.69, 9.17) is 4.74 Å². The highest BCUT2D eigenvalue weighted by atomic mass is 16.5. The van der Waals surface area contributed by atoms with Gasteiger partial charge in [-0.05, 0) is 44.2 Å². The van der Waals surface area contributed by atoms with Crippen molar-refractivity contribution in [3.8, 4) is 5.75 Å². The van der Waals surface area contributed by atoms with Crippen LogP contribution in [0.3, 0.4) is 0 Å². The zero-order chi connectivity index (χ0) is 15.6. The highest BCUT2D eigenvalue weighted by Gasteiger charge is 2.28. The topological polar surface area (TPSA) is 46.5 Å². The van der Waals surface area contributed by atoms with Crippen LogP contribution in [-0.2, 0) is 4.79 Å². The maximum atomic E-state index is 12.3. The Morgan fingerprint density at radius 3 is 2.43 bits per heavy atom. The number of aliphatic hydroxyl groups excluding tert-OH is 1. The minimum absolute atomic E-state index is 0.236. The summed E-state index contributed by atoms with van der Waals surface area (Å²) in [7, 11) is 0. The van der Waals surface area contributed by atoms with Crippen LogP contribution in [0.1, 0.15) is 45.8 Å². The minimum Gasteiger partial charge on any atom is -0.425 e. The van der Waals surface area contributed by atoms with Gasteiger partial charge in [-0.2, -0.15) is 0 Å². The Morgan fingerprint density at radius 1 is 1.19 bits per heavy atom. The molecule has 0 aliphatic heterocycles. The number of benzene rings is 2. The van der Waals surface area contributed by atoms with Crippen LogP contribution >= 0.6 is 0 Å². The molecule has 1 N–H and O–H groups in total. The third-order valence-corrected chi connectivity index (χ3v) is 4.01. The summed E-state index contributed by atoms with van der Waals surface area (Å²) in [5, 5.41) is 11.6. The molecule has 0 heterocycles. The normalized spacial score (nSPS) is 13.2. The number of aliphatic hydroxyl groups is 1. The second kappa shape index (κ2) is 5.86. The standard InChI is InChI=1S/C18H22O3/c1-5-18(3,4)17(20)21-16-11-7-9-14-13(12(2)19)8-6-10-15(14)16/h6-12,19H,5H2,1-4H3. The predicted octanol–water partition coefficient (Wildman–Crippen LogP) is 4.23. The summed E-state index contributed by atoms with van der Waals surface area (Å²) in [6, 6.07) is 11.2. The highest BCUT2D eigenvalue weighted by Crippen LogP contribution is 2.32. The Morgan fingerprint density at radius 2 is 1.81 bits per heavy atom. The zero-order valence-corrected chi connectivity index (χ0v) is 13.0. The van der Waals surface area contributed by atoms with Gasteiger partial charge in [0.1, 0.15) is 5.75 Å². The Labute approximate surface area is 125 Å². The van der Waals surface area contributed by atoms with E-state index in [-0.39, 0.29) is 5.97 Å². The largest absolute Gasteiger partial charge is 0.425 e. The van der Waals surface area contributed by atoms with Gasteiger partial charge in [-0.25, -0.2) is 0 Å². The summed E-state index contributed by atoms with van der Waals surface area (Å²) in [6.07, 6.45) is 0.155. The van der Waals surface area contributed by atoms with Crippen LogP contribution in [-0.4, -0.2) is 11.1 Å². The Hall–Kier alpha value is -1.87. The molecule has 0 fully saturated rings. The summed E-state index contributed by atoms with van der Waals surface area (Å²) in [4.78, 5) is 12.3. The molecule has 3 heteroatoms. The lowest BCUT2D eigenvalue weighted by Crippen LogP contribution is -2.28. The van der Waals surface area contributed by atoms with Crippen molar-refractivity contribution in [2.45, 2.75) is 40.2 Å². The summed E-state index contributed by atoms with van der Waals surface area (Å²) in [5.41, 5.74) is 0.324. The molecule has 21 heavy (non-hydrogen) atoms. The van der Waals surface area contributed by atoms with Crippen LogP contribution < -0.4 is 4.74 Å². The van der Waals surface area contributed by atoms with E-state index in [1.165, 1.54) is 0 Å². The van der Waals surface area contributed by atoms with Gasteiger partial charge < -0.3 is 9.84 Å². The summed E-state index contributed by atoms with van der Waals surface area (Å²) >= 11 is 0. The van der Waals surface area contributed by atoms with Crippen molar-refractivity contribution >= 4 is 16.7 Å². The van der Waals surface area contributed by atoms with Crippen molar-refractivity contribution in [2.75, 3.05) is 0 Å². The maximum absolute atomic E-state index is 12.3. The van der Waals surface area contributed by atoms with Crippen molar-refractivity contribution < 1.29 is 14.6 Å². The number of hydrogen-bond donors (Lipinski definition) is 1. The molecule has 2 aromatic rings. The molecule has 0 bridgehead atoms. The lowest BCUT2D eigenvalue weighted by Gasteiger charge is -2.21. The number of hydrogen-bond acceptors (Lipinski definition) is 3. The van der Waals surface area contributed by atoms with E-state index in [0.717, 1.165) is 22.8 Å². The Balaban J connectivity index is 2.47. The third-order valence-electron chi connectivity index (χ3n) is 4.01. The van der Waals surface area contributed by atoms with Crippen molar-refractivity contribution in [3.63, 3.8) is 0 Å². The highest BCUT2D eigenvalue weighted by molar-refractivity contribution is 5.93. The van der Waals surface area contributed by atoms with Gasteiger partial charge in [-0.1, -0.05) is 37.3 Å². The van der Waals surface area contributed by atoms with Crippen molar-refractivity contribution in [1.29, 1.82) is 0 Å². The van der Waals surface area contributed by atoms with Gasteiger partial charge in [0, 0.05) is 5.39 Å². The molecule has 2 rings (SSSR count). The summed E-state index contributed by atoms with van der Waals surface area (Å²) in [5.74, 6) is 0.307. The molecule has 0 spiro atoms. The molecular formula is C18H22O3.